The summed E-state index contributed by atoms with van der Waals surface area (Å²) in [6.07, 6.45) is 1.96. The molecule has 0 aliphatic heterocycles. The van der Waals surface area contributed by atoms with E-state index in [2.05, 4.69) is 5.32 Å². The summed E-state index contributed by atoms with van der Waals surface area (Å²) in [5, 5.41) is 3.28. The molecule has 0 atom stereocenters. The van der Waals surface area contributed by atoms with Gasteiger partial charge in [-0.1, -0.05) is 29.8 Å². The van der Waals surface area contributed by atoms with Gasteiger partial charge in [0.1, 0.15) is 0 Å². The first-order valence-electron chi connectivity index (χ1n) is 5.40. The number of rotatable bonds is 3. The fourth-order valence-corrected chi connectivity index (χ4v) is 2.17. The first-order valence-corrected chi connectivity index (χ1v) is 7.01. The van der Waals surface area contributed by atoms with Crippen LogP contribution in [0.1, 0.15) is 10.4 Å². The lowest BCUT2D eigenvalue weighted by molar-refractivity contribution is 0.102. The lowest BCUT2D eigenvalue weighted by atomic mass is 10.2. The Hall–Kier alpha value is -1.45. The smallest absolute Gasteiger partial charge is 0.257 e. The molecular formula is C14H12ClNOS. The van der Waals surface area contributed by atoms with Crippen molar-refractivity contribution in [2.45, 2.75) is 4.90 Å². The van der Waals surface area contributed by atoms with E-state index in [1.165, 1.54) is 0 Å². The number of thioether (sulfide) groups is 1. The van der Waals surface area contributed by atoms with Gasteiger partial charge < -0.3 is 5.32 Å². The maximum atomic E-state index is 12.1. The van der Waals surface area contributed by atoms with Crippen LogP contribution in [0.4, 0.5) is 5.69 Å². The largest absolute Gasteiger partial charge is 0.322 e. The van der Waals surface area contributed by atoms with Crippen LogP contribution in [-0.2, 0) is 0 Å². The van der Waals surface area contributed by atoms with Crippen molar-refractivity contribution < 1.29 is 4.79 Å². The number of halogens is 1. The third kappa shape index (κ3) is 3.06. The minimum Gasteiger partial charge on any atom is -0.322 e. The molecule has 0 aliphatic carbocycles. The van der Waals surface area contributed by atoms with Gasteiger partial charge in [-0.15, -0.1) is 11.8 Å². The molecule has 0 heterocycles. The zero-order valence-electron chi connectivity index (χ0n) is 9.81. The molecule has 0 unspecified atom stereocenters. The molecule has 18 heavy (non-hydrogen) atoms. The highest BCUT2D eigenvalue weighted by molar-refractivity contribution is 7.98. The second-order valence-corrected chi connectivity index (χ2v) is 4.95. The monoisotopic (exact) mass is 277 g/mol. The van der Waals surface area contributed by atoms with Gasteiger partial charge in [-0.3, -0.25) is 4.79 Å². The van der Waals surface area contributed by atoms with Crippen LogP contribution in [0.15, 0.2) is 53.4 Å². The molecule has 2 aromatic rings. The number of nitrogens with one attached hydrogen (secondary N) is 1. The normalized spacial score (nSPS) is 10.1. The standard InChI is InChI=1S/C14H12ClNOS/c1-18-11-7-8-13(15)12(9-11)14(17)16-10-5-3-2-4-6-10/h2-9H,1H3,(H,16,17). The third-order valence-electron chi connectivity index (χ3n) is 2.45. The van der Waals surface area contributed by atoms with Crippen molar-refractivity contribution in [3.8, 4) is 0 Å². The Labute approximate surface area is 115 Å². The minimum absolute atomic E-state index is 0.192. The van der Waals surface area contributed by atoms with Gasteiger partial charge >= 0.3 is 0 Å². The summed E-state index contributed by atoms with van der Waals surface area (Å²) >= 11 is 7.62. The predicted molar refractivity (Wildman–Crippen MR) is 77.6 cm³/mol. The zero-order valence-corrected chi connectivity index (χ0v) is 11.4. The van der Waals surface area contributed by atoms with Crippen molar-refractivity contribution in [2.24, 2.45) is 0 Å². The maximum Gasteiger partial charge on any atom is 0.257 e. The van der Waals surface area contributed by atoms with E-state index >= 15 is 0 Å². The number of benzene rings is 2. The van der Waals surface area contributed by atoms with Crippen LogP contribution in [0.5, 0.6) is 0 Å². The van der Waals surface area contributed by atoms with Gasteiger partial charge in [0.15, 0.2) is 0 Å². The lowest BCUT2D eigenvalue weighted by Crippen LogP contribution is -2.12. The van der Waals surface area contributed by atoms with E-state index in [9.17, 15) is 4.79 Å². The van der Waals surface area contributed by atoms with Crippen LogP contribution in [0.3, 0.4) is 0 Å². The predicted octanol–water partition coefficient (Wildman–Crippen LogP) is 4.31. The summed E-state index contributed by atoms with van der Waals surface area (Å²) in [5.41, 5.74) is 1.25. The highest BCUT2D eigenvalue weighted by atomic mass is 35.5. The fraction of sp³-hybridized carbons (Fsp3) is 0.0714. The Kier molecular flexibility index (Phi) is 4.28. The molecule has 2 aromatic carbocycles. The van der Waals surface area contributed by atoms with E-state index in [4.69, 9.17) is 11.6 Å². The number of para-hydroxylation sites is 1. The van der Waals surface area contributed by atoms with E-state index in [-0.39, 0.29) is 5.91 Å². The van der Waals surface area contributed by atoms with E-state index in [0.29, 0.717) is 10.6 Å². The first-order chi connectivity index (χ1) is 8.70. The Bertz CT molecular complexity index is 557. The molecule has 0 saturated carbocycles. The van der Waals surface area contributed by atoms with Crippen LogP contribution >= 0.6 is 23.4 Å². The average molecular weight is 278 g/mol. The number of hydrogen-bond donors (Lipinski definition) is 1. The molecule has 2 rings (SSSR count). The van der Waals surface area contributed by atoms with E-state index < -0.39 is 0 Å². The Balaban J connectivity index is 2.23. The van der Waals surface area contributed by atoms with Crippen molar-refractivity contribution in [1.82, 2.24) is 0 Å². The average Bonchev–Trinajstić information content (AvgIpc) is 2.40. The fourth-order valence-electron chi connectivity index (χ4n) is 1.53. The topological polar surface area (TPSA) is 29.1 Å². The van der Waals surface area contributed by atoms with E-state index in [1.54, 1.807) is 23.9 Å². The van der Waals surface area contributed by atoms with Gasteiger partial charge in [-0.05, 0) is 36.6 Å². The van der Waals surface area contributed by atoms with Crippen molar-refractivity contribution in [3.63, 3.8) is 0 Å². The number of amides is 1. The van der Waals surface area contributed by atoms with E-state index in [1.807, 2.05) is 42.7 Å². The second kappa shape index (κ2) is 5.94. The Morgan fingerprint density at radius 3 is 2.56 bits per heavy atom. The Morgan fingerprint density at radius 1 is 1.17 bits per heavy atom. The van der Waals surface area contributed by atoms with Gasteiger partial charge in [0.2, 0.25) is 0 Å². The molecule has 0 fully saturated rings. The quantitative estimate of drug-likeness (QED) is 0.847. The lowest BCUT2D eigenvalue weighted by Gasteiger charge is -2.07. The van der Waals surface area contributed by atoms with Gasteiger partial charge in [0.05, 0.1) is 10.6 Å². The van der Waals surface area contributed by atoms with Crippen molar-refractivity contribution in [1.29, 1.82) is 0 Å². The second-order valence-electron chi connectivity index (χ2n) is 3.67. The SMILES string of the molecule is CSc1ccc(Cl)c(C(=O)Nc2ccccc2)c1. The summed E-state index contributed by atoms with van der Waals surface area (Å²) in [5.74, 6) is -0.192. The molecule has 4 heteroatoms. The molecule has 0 spiro atoms. The molecule has 0 aliphatic rings. The van der Waals surface area contributed by atoms with Gasteiger partial charge in [0, 0.05) is 10.6 Å². The first kappa shape index (κ1) is 13.0. The molecule has 92 valence electrons. The van der Waals surface area contributed by atoms with Crippen molar-refractivity contribution in [3.05, 3.63) is 59.1 Å². The van der Waals surface area contributed by atoms with Gasteiger partial charge in [0.25, 0.3) is 5.91 Å². The summed E-state index contributed by atoms with van der Waals surface area (Å²) in [6, 6.07) is 14.8. The van der Waals surface area contributed by atoms with Crippen LogP contribution < -0.4 is 5.32 Å². The molecular weight excluding hydrogens is 266 g/mol. The van der Waals surface area contributed by atoms with Crippen LogP contribution in [0, 0.1) is 0 Å². The van der Waals surface area contributed by atoms with Crippen molar-refractivity contribution >= 4 is 35.0 Å². The molecule has 0 saturated heterocycles. The molecule has 0 bridgehead atoms. The molecule has 1 N–H and O–H groups in total. The summed E-state index contributed by atoms with van der Waals surface area (Å²) in [6.45, 7) is 0. The maximum absolute atomic E-state index is 12.1. The van der Waals surface area contributed by atoms with Gasteiger partial charge in [-0.25, -0.2) is 0 Å². The summed E-state index contributed by atoms with van der Waals surface area (Å²) in [4.78, 5) is 13.1. The van der Waals surface area contributed by atoms with Crippen molar-refractivity contribution in [2.75, 3.05) is 11.6 Å². The number of hydrogen-bond acceptors (Lipinski definition) is 2. The van der Waals surface area contributed by atoms with Gasteiger partial charge in [-0.2, -0.15) is 0 Å². The molecule has 2 nitrogen and oxygen atoms in total. The summed E-state index contributed by atoms with van der Waals surface area (Å²) < 4.78 is 0. The van der Waals surface area contributed by atoms with Crippen LogP contribution in [0.25, 0.3) is 0 Å². The molecule has 0 aromatic heterocycles. The van der Waals surface area contributed by atoms with Crippen LogP contribution in [0.2, 0.25) is 5.02 Å². The molecule has 0 radical (unpaired) electrons. The number of carbonyl (C=O) groups is 1. The number of anilines is 1. The highest BCUT2D eigenvalue weighted by Crippen LogP contribution is 2.23. The Morgan fingerprint density at radius 2 is 1.89 bits per heavy atom. The van der Waals surface area contributed by atoms with E-state index in [0.717, 1.165) is 10.6 Å². The minimum atomic E-state index is -0.192. The number of carbonyl (C=O) groups excluding carboxylic acids is 1. The highest BCUT2D eigenvalue weighted by Gasteiger charge is 2.11. The zero-order chi connectivity index (χ0) is 13.0. The summed E-state index contributed by atoms with van der Waals surface area (Å²) in [7, 11) is 0. The third-order valence-corrected chi connectivity index (χ3v) is 3.50. The molecule has 1 amide bonds. The van der Waals surface area contributed by atoms with Crippen LogP contribution in [-0.4, -0.2) is 12.2 Å².